The van der Waals surface area contributed by atoms with Gasteiger partial charge in [0, 0.05) is 41.9 Å². The van der Waals surface area contributed by atoms with Crippen LogP contribution in [0.5, 0.6) is 0 Å². The summed E-state index contributed by atoms with van der Waals surface area (Å²) in [5.74, 6) is 1.16. The predicted octanol–water partition coefficient (Wildman–Crippen LogP) is 3.34. The number of carbonyl (C=O) groups excluding carboxylic acids is 1. The molecular formula is C19H23FN2O3S3. The molecule has 0 aliphatic carbocycles. The van der Waals surface area contributed by atoms with E-state index in [-0.39, 0.29) is 16.7 Å². The van der Waals surface area contributed by atoms with Gasteiger partial charge in [0.25, 0.3) is 0 Å². The number of nitrogens with one attached hydrogen (secondary N) is 1. The lowest BCUT2D eigenvalue weighted by atomic mass is 9.97. The van der Waals surface area contributed by atoms with Gasteiger partial charge in [-0.25, -0.2) is 12.8 Å². The van der Waals surface area contributed by atoms with Gasteiger partial charge in [0.1, 0.15) is 5.82 Å². The van der Waals surface area contributed by atoms with E-state index in [0.29, 0.717) is 32.5 Å². The van der Waals surface area contributed by atoms with Crippen LogP contribution in [0.3, 0.4) is 0 Å². The van der Waals surface area contributed by atoms with Gasteiger partial charge < -0.3 is 5.32 Å². The largest absolute Gasteiger partial charge is 0.355 e. The molecular weight excluding hydrogens is 419 g/mol. The third kappa shape index (κ3) is 5.56. The quantitative estimate of drug-likeness (QED) is 0.637. The normalized spacial score (nSPS) is 16.2. The maximum absolute atomic E-state index is 13.0. The van der Waals surface area contributed by atoms with Crippen molar-refractivity contribution in [3.8, 4) is 0 Å². The zero-order chi connectivity index (χ0) is 20.0. The fourth-order valence-corrected chi connectivity index (χ4v) is 6.24. The summed E-state index contributed by atoms with van der Waals surface area (Å²) in [6, 6.07) is 8.97. The van der Waals surface area contributed by atoms with Crippen LogP contribution in [0, 0.1) is 11.7 Å². The van der Waals surface area contributed by atoms with Gasteiger partial charge in [-0.2, -0.15) is 16.1 Å². The zero-order valence-electron chi connectivity index (χ0n) is 15.3. The number of piperidine rings is 1. The molecule has 1 aliphatic rings. The third-order valence-electron chi connectivity index (χ3n) is 4.65. The fraction of sp³-hybridized carbons (Fsp3) is 0.421. The number of sulfonamides is 1. The van der Waals surface area contributed by atoms with Crippen molar-refractivity contribution in [3.05, 3.63) is 52.5 Å². The summed E-state index contributed by atoms with van der Waals surface area (Å²) in [5.41, 5.74) is 0. The van der Waals surface area contributed by atoms with Crippen molar-refractivity contribution in [2.24, 2.45) is 5.92 Å². The number of amides is 1. The number of halogens is 1. The van der Waals surface area contributed by atoms with E-state index < -0.39 is 15.8 Å². The van der Waals surface area contributed by atoms with Gasteiger partial charge in [-0.1, -0.05) is 6.07 Å². The molecule has 1 N–H and O–H groups in total. The van der Waals surface area contributed by atoms with E-state index in [2.05, 4.69) is 16.8 Å². The second-order valence-electron chi connectivity index (χ2n) is 6.56. The zero-order valence-corrected chi connectivity index (χ0v) is 17.8. The van der Waals surface area contributed by atoms with E-state index in [1.807, 2.05) is 6.07 Å². The van der Waals surface area contributed by atoms with Crippen LogP contribution in [0.25, 0.3) is 0 Å². The first kappa shape index (κ1) is 21.3. The molecule has 3 rings (SSSR count). The standard InChI is InChI=1S/C19H23FN2O3S3/c20-16-3-5-18(6-4-16)28(24,25)22-10-7-15(8-11-22)19(23)21-9-13-26-14-17-2-1-12-27-17/h1-6,12,15H,7-11,13-14H2,(H,21,23). The predicted molar refractivity (Wildman–Crippen MR) is 111 cm³/mol. The molecule has 0 spiro atoms. The van der Waals surface area contributed by atoms with Gasteiger partial charge in [-0.3, -0.25) is 4.79 Å². The molecule has 1 fully saturated rings. The number of benzene rings is 1. The van der Waals surface area contributed by atoms with Crippen LogP contribution in [-0.2, 0) is 20.6 Å². The van der Waals surface area contributed by atoms with Gasteiger partial charge >= 0.3 is 0 Å². The van der Waals surface area contributed by atoms with Crippen molar-refractivity contribution in [2.75, 3.05) is 25.4 Å². The average molecular weight is 443 g/mol. The topological polar surface area (TPSA) is 66.5 Å². The Kier molecular flexibility index (Phi) is 7.50. The van der Waals surface area contributed by atoms with Gasteiger partial charge in [-0.15, -0.1) is 11.3 Å². The summed E-state index contributed by atoms with van der Waals surface area (Å²) >= 11 is 3.51. The Labute approximate surface area is 173 Å². The molecule has 0 saturated carbocycles. The minimum absolute atomic E-state index is 0.00412. The second kappa shape index (κ2) is 9.87. The molecule has 1 aromatic carbocycles. The molecule has 2 heterocycles. The highest BCUT2D eigenvalue weighted by molar-refractivity contribution is 7.98. The van der Waals surface area contributed by atoms with Crippen molar-refractivity contribution in [1.29, 1.82) is 0 Å². The third-order valence-corrected chi connectivity index (χ3v) is 8.63. The van der Waals surface area contributed by atoms with Crippen molar-refractivity contribution in [3.63, 3.8) is 0 Å². The van der Waals surface area contributed by atoms with E-state index in [9.17, 15) is 17.6 Å². The lowest BCUT2D eigenvalue weighted by Crippen LogP contribution is -2.43. The molecule has 1 amide bonds. The SMILES string of the molecule is O=C(NCCSCc1cccs1)C1CCN(S(=O)(=O)c2ccc(F)cc2)CC1. The highest BCUT2D eigenvalue weighted by atomic mass is 32.2. The molecule has 152 valence electrons. The number of nitrogens with zero attached hydrogens (tertiary/aromatic N) is 1. The van der Waals surface area contributed by atoms with E-state index >= 15 is 0 Å². The van der Waals surface area contributed by atoms with Gasteiger partial charge in [0.05, 0.1) is 4.90 Å². The van der Waals surface area contributed by atoms with Gasteiger partial charge in [0.15, 0.2) is 0 Å². The Balaban J connectivity index is 1.40. The summed E-state index contributed by atoms with van der Waals surface area (Å²) in [6.45, 7) is 1.21. The summed E-state index contributed by atoms with van der Waals surface area (Å²) in [6.07, 6.45) is 0.989. The van der Waals surface area contributed by atoms with Crippen molar-refractivity contribution < 1.29 is 17.6 Å². The average Bonchev–Trinajstić information content (AvgIpc) is 3.21. The van der Waals surface area contributed by atoms with Crippen LogP contribution in [0.2, 0.25) is 0 Å². The van der Waals surface area contributed by atoms with Crippen LogP contribution >= 0.6 is 23.1 Å². The Hall–Kier alpha value is -1.42. The summed E-state index contributed by atoms with van der Waals surface area (Å²) in [7, 11) is -3.64. The first-order valence-corrected chi connectivity index (χ1v) is 12.6. The van der Waals surface area contributed by atoms with Crippen LogP contribution in [0.4, 0.5) is 4.39 Å². The Morgan fingerprint density at radius 2 is 1.93 bits per heavy atom. The minimum atomic E-state index is -3.64. The Morgan fingerprint density at radius 3 is 2.57 bits per heavy atom. The molecule has 0 bridgehead atoms. The number of carbonyl (C=O) groups is 1. The number of thiophene rings is 1. The number of thioether (sulfide) groups is 1. The molecule has 5 nitrogen and oxygen atoms in total. The van der Waals surface area contributed by atoms with E-state index in [4.69, 9.17) is 0 Å². The maximum atomic E-state index is 13.0. The Bertz CT molecular complexity index is 862. The molecule has 2 aromatic rings. The summed E-state index contributed by atoms with van der Waals surface area (Å²) < 4.78 is 39.6. The first-order chi connectivity index (χ1) is 13.5. The van der Waals surface area contributed by atoms with Crippen LogP contribution in [-0.4, -0.2) is 44.0 Å². The molecule has 1 aromatic heterocycles. The summed E-state index contributed by atoms with van der Waals surface area (Å²) in [5, 5.41) is 5.01. The molecule has 1 aliphatic heterocycles. The Morgan fingerprint density at radius 1 is 1.21 bits per heavy atom. The molecule has 0 radical (unpaired) electrons. The van der Waals surface area contributed by atoms with E-state index in [1.54, 1.807) is 23.1 Å². The highest BCUT2D eigenvalue weighted by Crippen LogP contribution is 2.24. The lowest BCUT2D eigenvalue weighted by molar-refractivity contribution is -0.125. The van der Waals surface area contributed by atoms with Crippen LogP contribution in [0.1, 0.15) is 17.7 Å². The summed E-state index contributed by atoms with van der Waals surface area (Å²) in [4.78, 5) is 13.7. The van der Waals surface area contributed by atoms with Crippen molar-refractivity contribution in [2.45, 2.75) is 23.5 Å². The lowest BCUT2D eigenvalue weighted by Gasteiger charge is -2.30. The molecule has 28 heavy (non-hydrogen) atoms. The smallest absolute Gasteiger partial charge is 0.243 e. The monoisotopic (exact) mass is 442 g/mol. The second-order valence-corrected chi connectivity index (χ2v) is 10.6. The van der Waals surface area contributed by atoms with Crippen LogP contribution < -0.4 is 5.32 Å². The first-order valence-electron chi connectivity index (χ1n) is 9.10. The molecule has 1 saturated heterocycles. The van der Waals surface area contributed by atoms with Crippen molar-refractivity contribution in [1.82, 2.24) is 9.62 Å². The highest BCUT2D eigenvalue weighted by Gasteiger charge is 2.31. The maximum Gasteiger partial charge on any atom is 0.243 e. The van der Waals surface area contributed by atoms with Gasteiger partial charge in [0.2, 0.25) is 15.9 Å². The number of hydrogen-bond acceptors (Lipinski definition) is 5. The van der Waals surface area contributed by atoms with Crippen LogP contribution in [0.15, 0.2) is 46.7 Å². The number of rotatable bonds is 8. The van der Waals surface area contributed by atoms with E-state index in [0.717, 1.165) is 23.6 Å². The van der Waals surface area contributed by atoms with Crippen molar-refractivity contribution >= 4 is 39.0 Å². The fourth-order valence-electron chi connectivity index (χ4n) is 3.07. The molecule has 0 unspecified atom stereocenters. The molecule has 0 atom stereocenters. The minimum Gasteiger partial charge on any atom is -0.355 e. The number of hydrogen-bond donors (Lipinski definition) is 1. The molecule has 9 heteroatoms. The van der Waals surface area contributed by atoms with E-state index in [1.165, 1.54) is 21.3 Å². The van der Waals surface area contributed by atoms with Gasteiger partial charge in [-0.05, 0) is 48.6 Å².